The van der Waals surface area contributed by atoms with Crippen LogP contribution in [0.1, 0.15) is 38.2 Å². The van der Waals surface area contributed by atoms with Crippen LogP contribution < -0.4 is 11.3 Å². The Morgan fingerprint density at radius 3 is 2.85 bits per heavy atom. The average molecular weight is 273 g/mol. The summed E-state index contributed by atoms with van der Waals surface area (Å²) >= 11 is 0. The normalized spacial score (nSPS) is 10.9. The van der Waals surface area contributed by atoms with Crippen LogP contribution in [0.25, 0.3) is 10.9 Å². The Morgan fingerprint density at radius 2 is 2.05 bits per heavy atom. The summed E-state index contributed by atoms with van der Waals surface area (Å²) in [5.41, 5.74) is 4.60. The van der Waals surface area contributed by atoms with Crippen LogP contribution in [0.2, 0.25) is 0 Å². The number of hydrazine groups is 1. The van der Waals surface area contributed by atoms with Crippen molar-refractivity contribution in [2.45, 2.75) is 39.2 Å². The van der Waals surface area contributed by atoms with Gasteiger partial charge < -0.3 is 10.2 Å². The van der Waals surface area contributed by atoms with Crippen molar-refractivity contribution in [1.29, 1.82) is 0 Å². The third-order valence-electron chi connectivity index (χ3n) is 3.34. The summed E-state index contributed by atoms with van der Waals surface area (Å²) in [6, 6.07) is 10.1. The third kappa shape index (κ3) is 3.92. The SMILES string of the molecule is CCCCCCOCc1cc2ccccc2nc1NN. The number of hydrogen-bond acceptors (Lipinski definition) is 4. The number of hydrogen-bond donors (Lipinski definition) is 2. The predicted molar refractivity (Wildman–Crippen MR) is 83.4 cm³/mol. The van der Waals surface area contributed by atoms with E-state index in [0.717, 1.165) is 29.5 Å². The maximum atomic E-state index is 5.72. The van der Waals surface area contributed by atoms with Crippen molar-refractivity contribution in [3.63, 3.8) is 0 Å². The summed E-state index contributed by atoms with van der Waals surface area (Å²) in [6.45, 7) is 3.54. The summed E-state index contributed by atoms with van der Waals surface area (Å²) in [5, 5.41) is 1.11. The van der Waals surface area contributed by atoms with Crippen LogP contribution in [0.4, 0.5) is 5.82 Å². The molecular weight excluding hydrogens is 250 g/mol. The molecule has 0 aliphatic carbocycles. The van der Waals surface area contributed by atoms with E-state index in [1.165, 1.54) is 19.3 Å². The molecule has 108 valence electrons. The lowest BCUT2D eigenvalue weighted by Gasteiger charge is -2.10. The Kier molecular flexibility index (Phi) is 5.77. The summed E-state index contributed by atoms with van der Waals surface area (Å²) in [4.78, 5) is 4.51. The van der Waals surface area contributed by atoms with Gasteiger partial charge in [0.15, 0.2) is 0 Å². The third-order valence-corrected chi connectivity index (χ3v) is 3.34. The molecule has 2 aromatic rings. The van der Waals surface area contributed by atoms with Gasteiger partial charge in [0.25, 0.3) is 0 Å². The van der Waals surface area contributed by atoms with Crippen LogP contribution in [0.5, 0.6) is 0 Å². The number of nitrogen functional groups attached to an aromatic ring is 1. The number of nitrogens with one attached hydrogen (secondary N) is 1. The zero-order valence-electron chi connectivity index (χ0n) is 12.1. The van der Waals surface area contributed by atoms with Crippen molar-refractivity contribution >= 4 is 16.7 Å². The number of ether oxygens (including phenoxy) is 1. The Hall–Kier alpha value is -1.65. The van der Waals surface area contributed by atoms with Crippen LogP contribution in [-0.2, 0) is 11.3 Å². The van der Waals surface area contributed by atoms with E-state index in [0.29, 0.717) is 12.4 Å². The van der Waals surface area contributed by atoms with Crippen molar-refractivity contribution in [1.82, 2.24) is 4.98 Å². The average Bonchev–Trinajstić information content (AvgIpc) is 2.50. The van der Waals surface area contributed by atoms with Gasteiger partial charge in [-0.2, -0.15) is 0 Å². The first-order valence-electron chi connectivity index (χ1n) is 7.28. The van der Waals surface area contributed by atoms with Gasteiger partial charge in [-0.25, -0.2) is 10.8 Å². The van der Waals surface area contributed by atoms with Gasteiger partial charge in [-0.05, 0) is 18.6 Å². The van der Waals surface area contributed by atoms with E-state index in [-0.39, 0.29) is 0 Å². The molecule has 20 heavy (non-hydrogen) atoms. The number of nitrogens with two attached hydrogens (primary N) is 1. The van der Waals surface area contributed by atoms with Crippen molar-refractivity contribution in [2.24, 2.45) is 5.84 Å². The molecule has 1 aromatic heterocycles. The van der Waals surface area contributed by atoms with Gasteiger partial charge >= 0.3 is 0 Å². The largest absolute Gasteiger partial charge is 0.377 e. The fraction of sp³-hybridized carbons (Fsp3) is 0.438. The summed E-state index contributed by atoms with van der Waals surface area (Å²) in [7, 11) is 0. The minimum atomic E-state index is 0.545. The first kappa shape index (κ1) is 14.8. The van der Waals surface area contributed by atoms with Crippen molar-refractivity contribution in [3.8, 4) is 0 Å². The number of nitrogens with zero attached hydrogens (tertiary/aromatic N) is 1. The fourth-order valence-corrected chi connectivity index (χ4v) is 2.21. The van der Waals surface area contributed by atoms with E-state index < -0.39 is 0 Å². The Balaban J connectivity index is 1.97. The zero-order valence-corrected chi connectivity index (χ0v) is 12.1. The molecule has 0 aliphatic heterocycles. The maximum Gasteiger partial charge on any atom is 0.146 e. The van der Waals surface area contributed by atoms with Gasteiger partial charge in [0.2, 0.25) is 0 Å². The highest BCUT2D eigenvalue weighted by molar-refractivity contribution is 5.81. The second-order valence-electron chi connectivity index (χ2n) is 4.95. The molecule has 0 saturated carbocycles. The molecule has 0 atom stereocenters. The first-order valence-corrected chi connectivity index (χ1v) is 7.28. The summed E-state index contributed by atoms with van der Waals surface area (Å²) < 4.78 is 5.72. The highest BCUT2D eigenvalue weighted by Crippen LogP contribution is 2.20. The van der Waals surface area contributed by atoms with E-state index in [1.807, 2.05) is 24.3 Å². The van der Waals surface area contributed by atoms with Crippen LogP contribution in [0.3, 0.4) is 0 Å². The van der Waals surface area contributed by atoms with E-state index in [1.54, 1.807) is 0 Å². The molecule has 3 N–H and O–H groups in total. The number of anilines is 1. The monoisotopic (exact) mass is 273 g/mol. The van der Waals surface area contributed by atoms with Gasteiger partial charge in [-0.3, -0.25) is 0 Å². The van der Waals surface area contributed by atoms with E-state index in [2.05, 4.69) is 23.4 Å². The van der Waals surface area contributed by atoms with Crippen LogP contribution in [0, 0.1) is 0 Å². The Labute approximate surface area is 120 Å². The van der Waals surface area contributed by atoms with Gasteiger partial charge in [0, 0.05) is 17.6 Å². The number of rotatable bonds is 8. The molecule has 0 aliphatic rings. The fourth-order valence-electron chi connectivity index (χ4n) is 2.21. The highest BCUT2D eigenvalue weighted by atomic mass is 16.5. The van der Waals surface area contributed by atoms with Gasteiger partial charge in [0.05, 0.1) is 12.1 Å². The van der Waals surface area contributed by atoms with Crippen LogP contribution in [0.15, 0.2) is 30.3 Å². The van der Waals surface area contributed by atoms with Gasteiger partial charge in [-0.1, -0.05) is 44.4 Å². The molecule has 1 heterocycles. The molecule has 0 spiro atoms. The molecule has 0 fully saturated rings. The summed E-state index contributed by atoms with van der Waals surface area (Å²) in [6.07, 6.45) is 4.86. The smallest absolute Gasteiger partial charge is 0.146 e. The van der Waals surface area contributed by atoms with Crippen LogP contribution in [-0.4, -0.2) is 11.6 Å². The second kappa shape index (κ2) is 7.82. The van der Waals surface area contributed by atoms with E-state index >= 15 is 0 Å². The van der Waals surface area contributed by atoms with E-state index in [9.17, 15) is 0 Å². The molecule has 0 saturated heterocycles. The number of unbranched alkanes of at least 4 members (excludes halogenated alkanes) is 3. The Bertz CT molecular complexity index is 542. The molecule has 4 nitrogen and oxygen atoms in total. The second-order valence-corrected chi connectivity index (χ2v) is 4.95. The molecular formula is C16H23N3O. The molecule has 0 unspecified atom stereocenters. The van der Waals surface area contributed by atoms with E-state index in [4.69, 9.17) is 10.6 Å². The minimum absolute atomic E-state index is 0.545. The standard InChI is InChI=1S/C16H23N3O/c1-2-3-4-7-10-20-12-14-11-13-8-5-6-9-15(13)18-16(14)19-17/h5-6,8-9,11H,2-4,7,10,12,17H2,1H3,(H,18,19). The number of benzene rings is 1. The summed E-state index contributed by atoms with van der Waals surface area (Å²) in [5.74, 6) is 6.24. The van der Waals surface area contributed by atoms with Gasteiger partial charge in [-0.15, -0.1) is 0 Å². The lowest BCUT2D eigenvalue weighted by atomic mass is 10.1. The van der Waals surface area contributed by atoms with Crippen molar-refractivity contribution < 1.29 is 4.74 Å². The maximum absolute atomic E-state index is 5.72. The molecule has 0 radical (unpaired) electrons. The molecule has 1 aromatic carbocycles. The lowest BCUT2D eigenvalue weighted by molar-refractivity contribution is 0.117. The molecule has 2 rings (SSSR count). The number of aromatic nitrogens is 1. The molecule has 0 bridgehead atoms. The lowest BCUT2D eigenvalue weighted by Crippen LogP contribution is -2.12. The molecule has 0 amide bonds. The first-order chi connectivity index (χ1) is 9.85. The number of pyridine rings is 1. The number of fused-ring (bicyclic) bond motifs is 1. The zero-order chi connectivity index (χ0) is 14.2. The van der Waals surface area contributed by atoms with Crippen molar-refractivity contribution in [2.75, 3.05) is 12.0 Å². The highest BCUT2D eigenvalue weighted by Gasteiger charge is 2.05. The predicted octanol–water partition coefficient (Wildman–Crippen LogP) is 3.62. The number of para-hydroxylation sites is 1. The van der Waals surface area contributed by atoms with Crippen LogP contribution >= 0.6 is 0 Å². The van der Waals surface area contributed by atoms with Gasteiger partial charge in [0.1, 0.15) is 5.82 Å². The topological polar surface area (TPSA) is 60.2 Å². The quantitative estimate of drug-likeness (QED) is 0.438. The minimum Gasteiger partial charge on any atom is -0.377 e. The Morgan fingerprint density at radius 1 is 1.20 bits per heavy atom. The molecule has 4 heteroatoms. The van der Waals surface area contributed by atoms with Crippen molar-refractivity contribution in [3.05, 3.63) is 35.9 Å².